The van der Waals surface area contributed by atoms with Crippen molar-refractivity contribution in [1.29, 1.82) is 0 Å². The van der Waals surface area contributed by atoms with E-state index in [0.29, 0.717) is 5.56 Å². The molecule has 0 fully saturated rings. The van der Waals surface area contributed by atoms with E-state index in [4.69, 9.17) is 5.11 Å². The van der Waals surface area contributed by atoms with Gasteiger partial charge in [0.2, 0.25) is 5.78 Å². The van der Waals surface area contributed by atoms with Gasteiger partial charge in [0.1, 0.15) is 5.75 Å². The summed E-state index contributed by atoms with van der Waals surface area (Å²) in [5, 5.41) is 8.89. The second-order valence-corrected chi connectivity index (χ2v) is 2.37. The molecule has 1 rings (SSSR count). The van der Waals surface area contributed by atoms with Gasteiger partial charge in [0.25, 0.3) is 6.29 Å². The summed E-state index contributed by atoms with van der Waals surface area (Å²) in [6.45, 7) is 0. The number of carbonyl (C=O) groups is 1. The second-order valence-electron chi connectivity index (χ2n) is 2.37. The molecule has 0 aliphatic rings. The van der Waals surface area contributed by atoms with Crippen molar-refractivity contribution in [1.82, 2.24) is 0 Å². The number of carbonyl (C=O) groups excluding carboxylic acids is 2. The van der Waals surface area contributed by atoms with Crippen LogP contribution in [0.4, 0.5) is 0 Å². The molecule has 1 aromatic carbocycles. The highest BCUT2D eigenvalue weighted by Crippen LogP contribution is 2.09. The largest absolute Gasteiger partial charge is 0.508 e. The molecule has 3 nitrogen and oxygen atoms in total. The molecule has 0 aromatic heterocycles. The van der Waals surface area contributed by atoms with E-state index in [9.17, 15) is 9.59 Å². The SMILES string of the molecule is O=[C]C(=O)Cc1ccc(O)cc1. The van der Waals surface area contributed by atoms with Crippen molar-refractivity contribution < 1.29 is 14.7 Å². The zero-order valence-corrected chi connectivity index (χ0v) is 6.28. The molecular weight excluding hydrogens is 156 g/mol. The fourth-order valence-electron chi connectivity index (χ4n) is 0.835. The van der Waals surface area contributed by atoms with E-state index in [1.54, 1.807) is 12.1 Å². The number of phenols is 1. The summed E-state index contributed by atoms with van der Waals surface area (Å²) in [5.74, 6) is -0.443. The summed E-state index contributed by atoms with van der Waals surface area (Å²) >= 11 is 0. The Morgan fingerprint density at radius 3 is 2.42 bits per heavy atom. The van der Waals surface area contributed by atoms with Crippen LogP contribution in [0.25, 0.3) is 0 Å². The maximum Gasteiger partial charge on any atom is 0.272 e. The monoisotopic (exact) mass is 163 g/mol. The smallest absolute Gasteiger partial charge is 0.272 e. The lowest BCUT2D eigenvalue weighted by molar-refractivity contribution is -0.112. The van der Waals surface area contributed by atoms with Gasteiger partial charge in [-0.3, -0.25) is 9.59 Å². The second kappa shape index (κ2) is 3.67. The molecule has 1 N–H and O–H groups in total. The third-order valence-electron chi connectivity index (χ3n) is 1.41. The Bertz CT molecular complexity index is 287. The van der Waals surface area contributed by atoms with Crippen LogP contribution in [-0.2, 0) is 16.0 Å². The van der Waals surface area contributed by atoms with E-state index >= 15 is 0 Å². The first-order valence-electron chi connectivity index (χ1n) is 3.41. The Kier molecular flexibility index (Phi) is 2.58. The molecule has 0 aliphatic heterocycles. The Hall–Kier alpha value is -1.64. The fourth-order valence-corrected chi connectivity index (χ4v) is 0.835. The Morgan fingerprint density at radius 2 is 1.92 bits per heavy atom. The molecule has 61 valence electrons. The molecular formula is C9H7O3. The molecule has 0 saturated heterocycles. The number of Topliss-reactive ketones (excluding diaryl/α,β-unsaturated/α-hetero) is 1. The highest BCUT2D eigenvalue weighted by Gasteiger charge is 2.01. The fraction of sp³-hybridized carbons (Fsp3) is 0.111. The van der Waals surface area contributed by atoms with Crippen LogP contribution in [0.15, 0.2) is 24.3 Å². The number of hydrogen-bond acceptors (Lipinski definition) is 3. The maximum absolute atomic E-state index is 10.6. The number of hydrogen-bond donors (Lipinski definition) is 1. The molecule has 12 heavy (non-hydrogen) atoms. The van der Waals surface area contributed by atoms with Gasteiger partial charge in [-0.2, -0.15) is 0 Å². The minimum atomic E-state index is -0.583. The van der Waals surface area contributed by atoms with E-state index in [1.807, 2.05) is 0 Å². The van der Waals surface area contributed by atoms with E-state index < -0.39 is 5.78 Å². The van der Waals surface area contributed by atoms with Crippen molar-refractivity contribution in [3.8, 4) is 5.75 Å². The summed E-state index contributed by atoms with van der Waals surface area (Å²) in [6.07, 6.45) is 1.32. The Balaban J connectivity index is 2.71. The van der Waals surface area contributed by atoms with Gasteiger partial charge in [-0.05, 0) is 17.7 Å². The van der Waals surface area contributed by atoms with Crippen LogP contribution in [0.2, 0.25) is 0 Å². The highest BCUT2D eigenvalue weighted by molar-refractivity contribution is 6.25. The van der Waals surface area contributed by atoms with Crippen LogP contribution in [0, 0.1) is 0 Å². The molecule has 0 aliphatic carbocycles. The third-order valence-corrected chi connectivity index (χ3v) is 1.41. The zero-order valence-electron chi connectivity index (χ0n) is 6.28. The van der Waals surface area contributed by atoms with E-state index in [2.05, 4.69) is 0 Å². The van der Waals surface area contributed by atoms with Gasteiger partial charge in [0.15, 0.2) is 0 Å². The van der Waals surface area contributed by atoms with Crippen molar-refractivity contribution >= 4 is 12.1 Å². The van der Waals surface area contributed by atoms with Crippen LogP contribution in [0.3, 0.4) is 0 Å². The van der Waals surface area contributed by atoms with Crippen LogP contribution in [-0.4, -0.2) is 17.2 Å². The summed E-state index contributed by atoms with van der Waals surface area (Å²) in [7, 11) is 0. The molecule has 0 unspecified atom stereocenters. The number of phenolic OH excluding ortho intramolecular Hbond substituents is 1. The maximum atomic E-state index is 10.6. The topological polar surface area (TPSA) is 54.4 Å². The van der Waals surface area contributed by atoms with Gasteiger partial charge in [0.05, 0.1) is 0 Å². The molecule has 0 spiro atoms. The van der Waals surface area contributed by atoms with Crippen LogP contribution in [0.1, 0.15) is 5.56 Å². The minimum Gasteiger partial charge on any atom is -0.508 e. The Morgan fingerprint density at radius 1 is 1.33 bits per heavy atom. The molecule has 1 aromatic rings. The summed E-state index contributed by atoms with van der Waals surface area (Å²) in [5.41, 5.74) is 0.696. The van der Waals surface area contributed by atoms with Gasteiger partial charge >= 0.3 is 0 Å². The normalized spacial score (nSPS) is 9.33. The van der Waals surface area contributed by atoms with Gasteiger partial charge < -0.3 is 5.11 Å². The number of aromatic hydroxyl groups is 1. The quantitative estimate of drug-likeness (QED) is 0.664. The van der Waals surface area contributed by atoms with Crippen LogP contribution < -0.4 is 0 Å². The molecule has 0 amide bonds. The summed E-state index contributed by atoms with van der Waals surface area (Å²) < 4.78 is 0. The van der Waals surface area contributed by atoms with Crippen LogP contribution >= 0.6 is 0 Å². The molecule has 0 atom stereocenters. The predicted molar refractivity (Wildman–Crippen MR) is 42.5 cm³/mol. The van der Waals surface area contributed by atoms with Crippen molar-refractivity contribution in [3.63, 3.8) is 0 Å². The third kappa shape index (κ3) is 2.20. The first kappa shape index (κ1) is 8.46. The van der Waals surface area contributed by atoms with Crippen molar-refractivity contribution in [2.45, 2.75) is 6.42 Å². The molecule has 0 saturated carbocycles. The standard InChI is InChI=1S/C9H7O3/c10-6-9(12)5-7-1-3-8(11)4-2-7/h1-4,11H,5H2. The lowest BCUT2D eigenvalue weighted by Crippen LogP contribution is -2.02. The van der Waals surface area contributed by atoms with E-state index in [-0.39, 0.29) is 12.2 Å². The molecule has 0 heterocycles. The lowest BCUT2D eigenvalue weighted by Gasteiger charge is -1.95. The molecule has 3 heteroatoms. The van der Waals surface area contributed by atoms with Crippen molar-refractivity contribution in [2.75, 3.05) is 0 Å². The first-order valence-corrected chi connectivity index (χ1v) is 3.41. The minimum absolute atomic E-state index is 0.0454. The summed E-state index contributed by atoms with van der Waals surface area (Å²) in [4.78, 5) is 20.4. The van der Waals surface area contributed by atoms with Gasteiger partial charge in [0, 0.05) is 6.42 Å². The first-order chi connectivity index (χ1) is 5.72. The molecule has 0 bridgehead atoms. The summed E-state index contributed by atoms with van der Waals surface area (Å²) in [6, 6.07) is 6.11. The van der Waals surface area contributed by atoms with Gasteiger partial charge in [-0.25, -0.2) is 0 Å². The zero-order chi connectivity index (χ0) is 8.97. The van der Waals surface area contributed by atoms with Crippen LogP contribution in [0.5, 0.6) is 5.75 Å². The van der Waals surface area contributed by atoms with Gasteiger partial charge in [-0.1, -0.05) is 12.1 Å². The van der Waals surface area contributed by atoms with Gasteiger partial charge in [-0.15, -0.1) is 0 Å². The van der Waals surface area contributed by atoms with E-state index in [1.165, 1.54) is 18.4 Å². The highest BCUT2D eigenvalue weighted by atomic mass is 16.3. The van der Waals surface area contributed by atoms with Crippen molar-refractivity contribution in [3.05, 3.63) is 29.8 Å². The van der Waals surface area contributed by atoms with E-state index in [0.717, 1.165) is 0 Å². The molecule has 1 radical (unpaired) electrons. The lowest BCUT2D eigenvalue weighted by atomic mass is 10.1. The average molecular weight is 163 g/mol. The number of ketones is 1. The number of benzene rings is 1. The Labute approximate surface area is 69.6 Å². The van der Waals surface area contributed by atoms with Crippen molar-refractivity contribution in [2.24, 2.45) is 0 Å². The predicted octanol–water partition coefficient (Wildman–Crippen LogP) is 0.613. The number of rotatable bonds is 3. The average Bonchev–Trinajstić information content (AvgIpc) is 2.09.